The molecule has 2 aromatic rings. The lowest BCUT2D eigenvalue weighted by Gasteiger charge is -2.28. The van der Waals surface area contributed by atoms with Gasteiger partial charge in [0, 0.05) is 18.0 Å². The van der Waals surface area contributed by atoms with E-state index < -0.39 is 6.04 Å². The van der Waals surface area contributed by atoms with E-state index in [1.807, 2.05) is 12.1 Å². The zero-order chi connectivity index (χ0) is 17.5. The maximum atomic E-state index is 12.4. The predicted octanol–water partition coefficient (Wildman–Crippen LogP) is 3.38. The Morgan fingerprint density at radius 3 is 2.54 bits per heavy atom. The number of halogens is 1. The number of benzene rings is 1. The number of carbonyl (C=O) groups excluding carboxylic acids is 2. The molecule has 24 heavy (non-hydrogen) atoms. The number of nitrogens with zero attached hydrogens (tertiary/aromatic N) is 1. The molecule has 0 aliphatic rings. The van der Waals surface area contributed by atoms with Crippen molar-refractivity contribution in [2.45, 2.75) is 39.4 Å². The van der Waals surface area contributed by atoms with E-state index in [1.165, 1.54) is 0 Å². The van der Waals surface area contributed by atoms with Gasteiger partial charge in [0.2, 0.25) is 11.8 Å². The molecule has 0 fully saturated rings. The first-order chi connectivity index (χ1) is 11.5. The zero-order valence-corrected chi connectivity index (χ0v) is 14.5. The number of amides is 2. The van der Waals surface area contributed by atoms with Gasteiger partial charge >= 0.3 is 0 Å². The SMILES string of the molecule is CCC(=O)N(Cc1ccc(Cl)cc1)C(C)C(=O)NCc1ccco1. The van der Waals surface area contributed by atoms with E-state index in [1.54, 1.807) is 49.3 Å². The second-order valence-corrected chi connectivity index (χ2v) is 5.91. The van der Waals surface area contributed by atoms with Crippen LogP contribution in [0.4, 0.5) is 0 Å². The van der Waals surface area contributed by atoms with Crippen molar-refractivity contribution in [3.05, 3.63) is 59.0 Å². The maximum Gasteiger partial charge on any atom is 0.242 e. The Morgan fingerprint density at radius 2 is 1.96 bits per heavy atom. The molecule has 0 bridgehead atoms. The highest BCUT2D eigenvalue weighted by Gasteiger charge is 2.25. The van der Waals surface area contributed by atoms with E-state index >= 15 is 0 Å². The molecular weight excluding hydrogens is 328 g/mol. The van der Waals surface area contributed by atoms with E-state index in [-0.39, 0.29) is 11.8 Å². The smallest absolute Gasteiger partial charge is 0.242 e. The van der Waals surface area contributed by atoms with E-state index in [4.69, 9.17) is 16.0 Å². The van der Waals surface area contributed by atoms with Crippen molar-refractivity contribution in [1.82, 2.24) is 10.2 Å². The number of carbonyl (C=O) groups is 2. The minimum Gasteiger partial charge on any atom is -0.467 e. The van der Waals surface area contributed by atoms with E-state index in [2.05, 4.69) is 5.32 Å². The summed E-state index contributed by atoms with van der Waals surface area (Å²) in [6, 6.07) is 10.2. The minimum atomic E-state index is -0.580. The first-order valence-electron chi connectivity index (χ1n) is 7.85. The normalized spacial score (nSPS) is 11.8. The van der Waals surface area contributed by atoms with Crippen LogP contribution in [-0.4, -0.2) is 22.8 Å². The second-order valence-electron chi connectivity index (χ2n) is 5.47. The van der Waals surface area contributed by atoms with Crippen molar-refractivity contribution in [2.24, 2.45) is 0 Å². The van der Waals surface area contributed by atoms with E-state index in [0.717, 1.165) is 5.56 Å². The highest BCUT2D eigenvalue weighted by molar-refractivity contribution is 6.30. The first-order valence-corrected chi connectivity index (χ1v) is 8.23. The van der Waals surface area contributed by atoms with Gasteiger partial charge in [0.05, 0.1) is 12.8 Å². The fourth-order valence-electron chi connectivity index (χ4n) is 2.31. The summed E-state index contributed by atoms with van der Waals surface area (Å²) in [7, 11) is 0. The molecule has 2 rings (SSSR count). The molecule has 1 unspecified atom stereocenters. The Morgan fingerprint density at radius 1 is 1.25 bits per heavy atom. The summed E-state index contributed by atoms with van der Waals surface area (Å²) in [5, 5.41) is 3.43. The van der Waals surface area contributed by atoms with Crippen molar-refractivity contribution < 1.29 is 14.0 Å². The van der Waals surface area contributed by atoms with Crippen LogP contribution < -0.4 is 5.32 Å². The van der Waals surface area contributed by atoms with E-state index in [0.29, 0.717) is 30.3 Å². The van der Waals surface area contributed by atoms with Crippen LogP contribution in [0, 0.1) is 0 Å². The highest BCUT2D eigenvalue weighted by atomic mass is 35.5. The number of rotatable bonds is 7. The molecule has 2 amide bonds. The van der Waals surface area contributed by atoms with Gasteiger partial charge in [-0.2, -0.15) is 0 Å². The second kappa shape index (κ2) is 8.55. The Balaban J connectivity index is 2.03. The van der Waals surface area contributed by atoms with Crippen molar-refractivity contribution in [1.29, 1.82) is 0 Å². The summed E-state index contributed by atoms with van der Waals surface area (Å²) in [4.78, 5) is 26.2. The van der Waals surface area contributed by atoms with Gasteiger partial charge in [0.25, 0.3) is 0 Å². The van der Waals surface area contributed by atoms with Gasteiger partial charge < -0.3 is 14.6 Å². The minimum absolute atomic E-state index is 0.0781. The predicted molar refractivity (Wildman–Crippen MR) is 92.3 cm³/mol. The third kappa shape index (κ3) is 4.86. The molecule has 128 valence electrons. The molecule has 0 spiro atoms. The molecule has 0 aliphatic heterocycles. The average molecular weight is 349 g/mol. The van der Waals surface area contributed by atoms with Gasteiger partial charge in [-0.25, -0.2) is 0 Å². The third-order valence-electron chi connectivity index (χ3n) is 3.75. The number of hydrogen-bond acceptors (Lipinski definition) is 3. The Bertz CT molecular complexity index is 668. The summed E-state index contributed by atoms with van der Waals surface area (Å²) >= 11 is 5.89. The van der Waals surface area contributed by atoms with Crippen molar-refractivity contribution in [2.75, 3.05) is 0 Å². The van der Waals surface area contributed by atoms with Crippen LogP contribution in [0.25, 0.3) is 0 Å². The van der Waals surface area contributed by atoms with Gasteiger partial charge in [-0.1, -0.05) is 30.7 Å². The molecule has 6 heteroatoms. The lowest BCUT2D eigenvalue weighted by atomic mass is 10.1. The molecule has 0 radical (unpaired) electrons. The third-order valence-corrected chi connectivity index (χ3v) is 4.00. The quantitative estimate of drug-likeness (QED) is 0.834. The molecule has 1 atom stereocenters. The van der Waals surface area contributed by atoms with Crippen LogP contribution in [0.1, 0.15) is 31.6 Å². The van der Waals surface area contributed by atoms with Crippen LogP contribution in [-0.2, 0) is 22.7 Å². The average Bonchev–Trinajstić information content (AvgIpc) is 3.11. The lowest BCUT2D eigenvalue weighted by Crippen LogP contribution is -2.47. The zero-order valence-electron chi connectivity index (χ0n) is 13.8. The van der Waals surface area contributed by atoms with Gasteiger partial charge in [0.1, 0.15) is 11.8 Å². The monoisotopic (exact) mass is 348 g/mol. The summed E-state index contributed by atoms with van der Waals surface area (Å²) in [5.74, 6) is 0.370. The Labute approximate surface area is 146 Å². The van der Waals surface area contributed by atoms with Gasteiger partial charge in [0.15, 0.2) is 0 Å². The molecule has 0 saturated heterocycles. The molecule has 1 heterocycles. The molecule has 0 aliphatic carbocycles. The summed E-state index contributed by atoms with van der Waals surface area (Å²) in [6.45, 7) is 4.16. The van der Waals surface area contributed by atoms with E-state index in [9.17, 15) is 9.59 Å². The summed E-state index contributed by atoms with van der Waals surface area (Å²) < 4.78 is 5.19. The maximum absolute atomic E-state index is 12.4. The van der Waals surface area contributed by atoms with Crippen molar-refractivity contribution >= 4 is 23.4 Å². The fourth-order valence-corrected chi connectivity index (χ4v) is 2.43. The number of furan rings is 1. The standard InChI is InChI=1S/C18H21ClN2O3/c1-3-17(22)21(12-14-6-8-15(19)9-7-14)13(2)18(23)20-11-16-5-4-10-24-16/h4-10,13H,3,11-12H2,1-2H3,(H,20,23). The van der Waals surface area contributed by atoms with Gasteiger partial charge in [-0.15, -0.1) is 0 Å². The van der Waals surface area contributed by atoms with Gasteiger partial charge in [-0.3, -0.25) is 9.59 Å². The molecule has 1 aromatic carbocycles. The summed E-state index contributed by atoms with van der Waals surface area (Å²) in [6.07, 6.45) is 1.89. The Hall–Kier alpha value is -2.27. The molecule has 1 N–H and O–H groups in total. The Kier molecular flexibility index (Phi) is 6.44. The lowest BCUT2D eigenvalue weighted by molar-refractivity contribution is -0.140. The molecule has 1 aromatic heterocycles. The van der Waals surface area contributed by atoms with Crippen LogP contribution >= 0.6 is 11.6 Å². The fraction of sp³-hybridized carbons (Fsp3) is 0.333. The summed E-state index contributed by atoms with van der Waals surface area (Å²) in [5.41, 5.74) is 0.923. The highest BCUT2D eigenvalue weighted by Crippen LogP contribution is 2.14. The van der Waals surface area contributed by atoms with Crippen LogP contribution in [0.3, 0.4) is 0 Å². The largest absolute Gasteiger partial charge is 0.467 e. The van der Waals surface area contributed by atoms with Crippen molar-refractivity contribution in [3.63, 3.8) is 0 Å². The topological polar surface area (TPSA) is 62.6 Å². The molecule has 0 saturated carbocycles. The van der Waals surface area contributed by atoms with Crippen LogP contribution in [0.2, 0.25) is 5.02 Å². The van der Waals surface area contributed by atoms with Crippen molar-refractivity contribution in [3.8, 4) is 0 Å². The number of nitrogens with one attached hydrogen (secondary N) is 1. The first kappa shape index (κ1) is 18.1. The molecule has 5 nitrogen and oxygen atoms in total. The molecular formula is C18H21ClN2O3. The van der Waals surface area contributed by atoms with Crippen LogP contribution in [0.15, 0.2) is 47.1 Å². The number of hydrogen-bond donors (Lipinski definition) is 1. The van der Waals surface area contributed by atoms with Gasteiger partial charge in [-0.05, 0) is 36.8 Å². The van der Waals surface area contributed by atoms with Crippen LogP contribution in [0.5, 0.6) is 0 Å².